The fourth-order valence-electron chi connectivity index (χ4n) is 6.08. The molecule has 0 unspecified atom stereocenters. The van der Waals surface area contributed by atoms with Crippen LogP contribution >= 0.6 is 11.6 Å². The summed E-state index contributed by atoms with van der Waals surface area (Å²) in [5, 5.41) is 3.29. The molecular weight excluding hydrogens is 542 g/mol. The molecule has 1 spiro atoms. The summed E-state index contributed by atoms with van der Waals surface area (Å²) >= 11 is 6.58. The Hall–Kier alpha value is -4.18. The van der Waals surface area contributed by atoms with Gasteiger partial charge < -0.3 is 33.7 Å². The van der Waals surface area contributed by atoms with Crippen LogP contribution in [0.5, 0.6) is 28.7 Å². The Bertz CT molecular complexity index is 1580. The van der Waals surface area contributed by atoms with E-state index in [9.17, 15) is 14.4 Å². The fraction of sp³-hybridized carbons (Fsp3) is 0.345. The number of ether oxygens (including phenoxy) is 6. The maximum atomic E-state index is 14.7. The molecular formula is C29H26ClNO9. The van der Waals surface area contributed by atoms with Crippen LogP contribution in [0.1, 0.15) is 42.1 Å². The number of esters is 1. The predicted molar refractivity (Wildman–Crippen MR) is 141 cm³/mol. The number of allylic oxidation sites excluding steroid dienone is 2. The molecule has 0 fully saturated rings. The SMILES string of the molecule is COC(=O)C1=C(C)NC2=C(C(=O)[C@@]3(Oc4c(Cl)c(OC)cc(OC)c4C3=O)[C@H](C)C2)[C@@H]1c1ccc2c(c1)OCO2. The number of rotatable bonds is 4. The number of hydrogen-bond donors (Lipinski definition) is 1. The summed E-state index contributed by atoms with van der Waals surface area (Å²) in [7, 11) is 4.11. The quantitative estimate of drug-likeness (QED) is 0.427. The van der Waals surface area contributed by atoms with Gasteiger partial charge in [-0.2, -0.15) is 0 Å². The standard InChI is InChI=1S/C29H26ClNO9/c1-12-8-15-22(26(32)29(12)27(33)23-18(35-3)10-19(36-4)24(30)25(23)40-29)21(20(13(2)31-15)28(34)37-5)14-6-7-16-17(9-14)39-11-38-16/h6-7,9-10,12,21,31H,8,11H2,1-5H3/t12-,21-,29+/m1/s1. The number of hydrogen-bond acceptors (Lipinski definition) is 10. The first-order chi connectivity index (χ1) is 19.2. The normalized spacial score (nSPS) is 24.4. The van der Waals surface area contributed by atoms with E-state index in [1.807, 2.05) is 0 Å². The second kappa shape index (κ2) is 9.19. The summed E-state index contributed by atoms with van der Waals surface area (Å²) in [6.45, 7) is 3.58. The molecule has 40 heavy (non-hydrogen) atoms. The molecule has 0 bridgehead atoms. The number of fused-ring (bicyclic) bond motifs is 2. The summed E-state index contributed by atoms with van der Waals surface area (Å²) in [5.74, 6) is -1.76. The lowest BCUT2D eigenvalue weighted by Gasteiger charge is -2.42. The summed E-state index contributed by atoms with van der Waals surface area (Å²) < 4.78 is 33.3. The van der Waals surface area contributed by atoms with Crippen LogP contribution in [0.4, 0.5) is 0 Å². The number of ketones is 2. The van der Waals surface area contributed by atoms with Gasteiger partial charge in [0.05, 0.1) is 26.9 Å². The third-order valence-corrected chi connectivity index (χ3v) is 8.34. The molecule has 0 amide bonds. The summed E-state index contributed by atoms with van der Waals surface area (Å²) in [6.07, 6.45) is 0.282. The summed E-state index contributed by atoms with van der Waals surface area (Å²) in [4.78, 5) is 42.1. The zero-order valence-corrected chi connectivity index (χ0v) is 23.2. The predicted octanol–water partition coefficient (Wildman–Crippen LogP) is 4.10. The van der Waals surface area contributed by atoms with Gasteiger partial charge in [0.25, 0.3) is 0 Å². The number of nitrogens with one attached hydrogen (secondary N) is 1. The maximum absolute atomic E-state index is 14.7. The van der Waals surface area contributed by atoms with E-state index in [1.54, 1.807) is 32.0 Å². The van der Waals surface area contributed by atoms with Gasteiger partial charge in [0.15, 0.2) is 17.2 Å². The van der Waals surface area contributed by atoms with Crippen molar-refractivity contribution in [3.05, 3.63) is 63.0 Å². The van der Waals surface area contributed by atoms with Gasteiger partial charge >= 0.3 is 5.97 Å². The second-order valence-electron chi connectivity index (χ2n) is 9.99. The average Bonchev–Trinajstić information content (AvgIpc) is 3.54. The molecule has 1 N–H and O–H groups in total. The van der Waals surface area contributed by atoms with Gasteiger partial charge in [0.1, 0.15) is 22.1 Å². The molecule has 0 saturated carbocycles. The van der Waals surface area contributed by atoms with E-state index in [2.05, 4.69) is 5.32 Å². The minimum atomic E-state index is -1.94. The molecule has 2 aromatic rings. The molecule has 3 heterocycles. The van der Waals surface area contributed by atoms with Crippen LogP contribution in [0.3, 0.4) is 0 Å². The van der Waals surface area contributed by atoms with Crippen molar-refractivity contribution < 1.29 is 42.8 Å². The van der Waals surface area contributed by atoms with E-state index in [0.29, 0.717) is 28.5 Å². The van der Waals surface area contributed by atoms with Gasteiger partial charge in [0.2, 0.25) is 24.0 Å². The Morgan fingerprint density at radius 1 is 1.05 bits per heavy atom. The van der Waals surface area contributed by atoms with Crippen molar-refractivity contribution in [2.75, 3.05) is 28.1 Å². The first kappa shape index (κ1) is 26.1. The highest BCUT2D eigenvalue weighted by Crippen LogP contribution is 2.56. The van der Waals surface area contributed by atoms with E-state index >= 15 is 0 Å². The molecule has 0 radical (unpaired) electrons. The number of dihydropyridines is 1. The smallest absolute Gasteiger partial charge is 0.336 e. The van der Waals surface area contributed by atoms with Crippen LogP contribution in [0, 0.1) is 5.92 Å². The zero-order chi connectivity index (χ0) is 28.5. The van der Waals surface area contributed by atoms with Crippen LogP contribution in [-0.4, -0.2) is 51.3 Å². The van der Waals surface area contributed by atoms with E-state index < -0.39 is 35.0 Å². The fourth-order valence-corrected chi connectivity index (χ4v) is 6.35. The summed E-state index contributed by atoms with van der Waals surface area (Å²) in [6, 6.07) is 6.70. The van der Waals surface area contributed by atoms with Crippen molar-refractivity contribution in [1.29, 1.82) is 0 Å². The molecule has 0 saturated heterocycles. The number of methoxy groups -OCH3 is 3. The van der Waals surface area contributed by atoms with Crippen molar-refractivity contribution in [2.45, 2.75) is 31.8 Å². The third-order valence-electron chi connectivity index (χ3n) is 7.98. The zero-order valence-electron chi connectivity index (χ0n) is 22.4. The third kappa shape index (κ3) is 3.38. The molecule has 1 aliphatic carbocycles. The van der Waals surface area contributed by atoms with Gasteiger partial charge in [-0.1, -0.05) is 24.6 Å². The van der Waals surface area contributed by atoms with Crippen LogP contribution < -0.4 is 29.0 Å². The first-order valence-corrected chi connectivity index (χ1v) is 13.0. The van der Waals surface area contributed by atoms with Gasteiger partial charge in [-0.3, -0.25) is 9.59 Å². The van der Waals surface area contributed by atoms with E-state index in [-0.39, 0.29) is 52.2 Å². The molecule has 208 valence electrons. The Labute approximate surface area is 234 Å². The Balaban J connectivity index is 1.54. The first-order valence-electron chi connectivity index (χ1n) is 12.6. The number of Topliss-reactive ketones (excluding diaryl/α,β-unsaturated/α-hetero) is 2. The largest absolute Gasteiger partial charge is 0.496 e. The Morgan fingerprint density at radius 3 is 2.48 bits per heavy atom. The maximum Gasteiger partial charge on any atom is 0.336 e. The highest BCUT2D eigenvalue weighted by atomic mass is 35.5. The lowest BCUT2D eigenvalue weighted by Crippen LogP contribution is -2.58. The van der Waals surface area contributed by atoms with Crippen molar-refractivity contribution in [3.8, 4) is 28.7 Å². The van der Waals surface area contributed by atoms with Crippen LogP contribution in [0.2, 0.25) is 5.02 Å². The molecule has 3 aliphatic heterocycles. The molecule has 11 heteroatoms. The van der Waals surface area contributed by atoms with Crippen molar-refractivity contribution >= 4 is 29.1 Å². The van der Waals surface area contributed by atoms with E-state index in [1.165, 1.54) is 27.4 Å². The monoisotopic (exact) mass is 567 g/mol. The van der Waals surface area contributed by atoms with Crippen molar-refractivity contribution in [1.82, 2.24) is 5.32 Å². The van der Waals surface area contributed by atoms with E-state index in [4.69, 9.17) is 40.0 Å². The van der Waals surface area contributed by atoms with Crippen molar-refractivity contribution in [3.63, 3.8) is 0 Å². The van der Waals surface area contributed by atoms with Gasteiger partial charge in [0, 0.05) is 34.9 Å². The number of carbonyl (C=O) groups is 3. The highest BCUT2D eigenvalue weighted by Gasteiger charge is 2.63. The molecule has 3 atom stereocenters. The van der Waals surface area contributed by atoms with Crippen LogP contribution in [0.25, 0.3) is 0 Å². The van der Waals surface area contributed by atoms with Crippen molar-refractivity contribution in [2.24, 2.45) is 5.92 Å². The lowest BCUT2D eigenvalue weighted by molar-refractivity contribution is -0.136. The minimum absolute atomic E-state index is 0.0235. The van der Waals surface area contributed by atoms with E-state index in [0.717, 1.165) is 0 Å². The van der Waals surface area contributed by atoms with Crippen LogP contribution in [0.15, 0.2) is 46.8 Å². The van der Waals surface area contributed by atoms with Gasteiger partial charge in [-0.25, -0.2) is 4.79 Å². The van der Waals surface area contributed by atoms with Gasteiger partial charge in [-0.05, 0) is 31.0 Å². The molecule has 4 aliphatic rings. The number of carbonyl (C=O) groups excluding carboxylic acids is 3. The van der Waals surface area contributed by atoms with Crippen LogP contribution in [-0.2, 0) is 14.3 Å². The molecule has 0 aromatic heterocycles. The second-order valence-corrected chi connectivity index (χ2v) is 10.4. The lowest BCUT2D eigenvalue weighted by atomic mass is 9.65. The molecule has 2 aromatic carbocycles. The number of benzene rings is 2. The highest BCUT2D eigenvalue weighted by molar-refractivity contribution is 6.36. The molecule has 10 nitrogen and oxygen atoms in total. The molecule has 6 rings (SSSR count). The van der Waals surface area contributed by atoms with Gasteiger partial charge in [-0.15, -0.1) is 0 Å². The summed E-state index contributed by atoms with van der Waals surface area (Å²) in [5.41, 5.74) is 0.328. The Morgan fingerprint density at radius 2 is 1.77 bits per heavy atom. The topological polar surface area (TPSA) is 119 Å². The minimum Gasteiger partial charge on any atom is -0.496 e. The number of halogens is 1. The Kier molecular flexibility index (Phi) is 5.99. The average molecular weight is 568 g/mol.